The van der Waals surface area contributed by atoms with Gasteiger partial charge in [0, 0.05) is 22.8 Å². The van der Waals surface area contributed by atoms with Crippen LogP contribution in [0.5, 0.6) is 5.75 Å². The Bertz CT molecular complexity index is 1090. The lowest BCUT2D eigenvalue weighted by molar-refractivity contribution is -0.116. The van der Waals surface area contributed by atoms with Crippen molar-refractivity contribution in [3.63, 3.8) is 0 Å². The number of carbonyl (C=O) groups excluding carboxylic acids is 1. The van der Waals surface area contributed by atoms with Gasteiger partial charge in [-0.3, -0.25) is 4.79 Å². The maximum Gasteiger partial charge on any atom is 0.346 e. The van der Waals surface area contributed by atoms with Gasteiger partial charge in [0.05, 0.1) is 12.3 Å². The zero-order chi connectivity index (χ0) is 20.5. The van der Waals surface area contributed by atoms with Crippen molar-refractivity contribution in [2.24, 2.45) is 0 Å². The standard InChI is InChI=1S/C22H18FNO4S/c1-2-28-15-8-6-12(7-9-15)16-11-17(25)24-19-18(13-4-3-5-14(23)10-13)21(22(26)27)29-20(16)19/h3-10,16H,2,11H2,1H3,(H,24,25)(H,26,27)/t16-/m1/s1. The van der Waals surface area contributed by atoms with Crippen LogP contribution in [-0.2, 0) is 4.79 Å². The molecule has 2 aromatic carbocycles. The normalized spacial score (nSPS) is 15.5. The summed E-state index contributed by atoms with van der Waals surface area (Å²) >= 11 is 1.12. The lowest BCUT2D eigenvalue weighted by Crippen LogP contribution is -2.22. The SMILES string of the molecule is CCOc1ccc([C@H]2CC(=O)Nc3c2sc(C(=O)O)c3-c2cccc(F)c2)cc1. The topological polar surface area (TPSA) is 75.6 Å². The molecular formula is C22H18FNO4S. The summed E-state index contributed by atoms with van der Waals surface area (Å²) in [7, 11) is 0. The van der Waals surface area contributed by atoms with E-state index in [0.29, 0.717) is 23.4 Å². The third-order valence-electron chi connectivity index (χ3n) is 4.81. The number of carbonyl (C=O) groups is 2. The van der Waals surface area contributed by atoms with Crippen LogP contribution in [0, 0.1) is 5.82 Å². The number of halogens is 1. The molecule has 2 heterocycles. The molecule has 0 spiro atoms. The van der Waals surface area contributed by atoms with Crippen molar-refractivity contribution in [3.8, 4) is 16.9 Å². The van der Waals surface area contributed by atoms with Gasteiger partial charge in [-0.15, -0.1) is 11.3 Å². The summed E-state index contributed by atoms with van der Waals surface area (Å²) in [5.41, 5.74) is 2.12. The second kappa shape index (κ2) is 7.67. The minimum absolute atomic E-state index is 0.0822. The number of thiophene rings is 1. The van der Waals surface area contributed by atoms with Crippen molar-refractivity contribution >= 4 is 28.9 Å². The number of carboxylic acids is 1. The molecule has 0 radical (unpaired) electrons. The van der Waals surface area contributed by atoms with Crippen molar-refractivity contribution in [2.45, 2.75) is 19.3 Å². The maximum absolute atomic E-state index is 13.8. The molecule has 1 amide bonds. The molecule has 2 N–H and O–H groups in total. The maximum atomic E-state index is 13.8. The highest BCUT2D eigenvalue weighted by molar-refractivity contribution is 7.15. The number of fused-ring (bicyclic) bond motifs is 1. The Kier molecular flexibility index (Phi) is 5.07. The zero-order valence-corrected chi connectivity index (χ0v) is 16.4. The zero-order valence-electron chi connectivity index (χ0n) is 15.6. The van der Waals surface area contributed by atoms with Gasteiger partial charge in [-0.1, -0.05) is 24.3 Å². The lowest BCUT2D eigenvalue weighted by Gasteiger charge is -2.24. The second-order valence-corrected chi connectivity index (χ2v) is 7.72. The Labute approximate surface area is 170 Å². The smallest absolute Gasteiger partial charge is 0.346 e. The van der Waals surface area contributed by atoms with Crippen molar-refractivity contribution in [1.29, 1.82) is 0 Å². The van der Waals surface area contributed by atoms with Crippen molar-refractivity contribution in [1.82, 2.24) is 0 Å². The van der Waals surface area contributed by atoms with E-state index in [1.54, 1.807) is 6.07 Å². The molecule has 3 aromatic rings. The number of ether oxygens (including phenoxy) is 1. The van der Waals surface area contributed by atoms with E-state index >= 15 is 0 Å². The van der Waals surface area contributed by atoms with Gasteiger partial charge in [-0.2, -0.15) is 0 Å². The molecule has 1 aromatic heterocycles. The molecule has 1 aliphatic rings. The predicted octanol–water partition coefficient (Wildman–Crippen LogP) is 5.13. The van der Waals surface area contributed by atoms with Crippen molar-refractivity contribution in [3.05, 3.63) is 69.7 Å². The lowest BCUT2D eigenvalue weighted by atomic mass is 9.88. The first-order chi connectivity index (χ1) is 14.0. The summed E-state index contributed by atoms with van der Waals surface area (Å²) in [4.78, 5) is 25.2. The van der Waals surface area contributed by atoms with Crippen LogP contribution in [0.3, 0.4) is 0 Å². The summed E-state index contributed by atoms with van der Waals surface area (Å²) in [5, 5.41) is 12.6. The fourth-order valence-corrected chi connectivity index (χ4v) is 4.84. The van der Waals surface area contributed by atoms with Crippen LogP contribution in [-0.4, -0.2) is 23.6 Å². The average Bonchev–Trinajstić information content (AvgIpc) is 3.08. The highest BCUT2D eigenvalue weighted by Gasteiger charge is 2.34. The first-order valence-electron chi connectivity index (χ1n) is 9.16. The van der Waals surface area contributed by atoms with E-state index in [1.807, 2.05) is 31.2 Å². The molecule has 0 fully saturated rings. The highest BCUT2D eigenvalue weighted by atomic mass is 32.1. The first kappa shape index (κ1) is 19.1. The van der Waals surface area contributed by atoms with Gasteiger partial charge in [0.15, 0.2) is 0 Å². The van der Waals surface area contributed by atoms with Crippen molar-refractivity contribution in [2.75, 3.05) is 11.9 Å². The molecule has 0 bridgehead atoms. The van der Waals surface area contributed by atoms with Crippen LogP contribution < -0.4 is 10.1 Å². The van der Waals surface area contributed by atoms with Crippen LogP contribution in [0.2, 0.25) is 0 Å². The number of rotatable bonds is 5. The van der Waals surface area contributed by atoms with Gasteiger partial charge in [0.1, 0.15) is 16.4 Å². The Hall–Kier alpha value is -3.19. The van der Waals surface area contributed by atoms with Gasteiger partial charge >= 0.3 is 5.97 Å². The molecule has 7 heteroatoms. The quantitative estimate of drug-likeness (QED) is 0.611. The molecule has 148 valence electrons. The number of hydrogen-bond donors (Lipinski definition) is 2. The van der Waals surface area contributed by atoms with Crippen LogP contribution in [0.1, 0.15) is 39.4 Å². The molecule has 29 heavy (non-hydrogen) atoms. The number of amides is 1. The number of nitrogens with one attached hydrogen (secondary N) is 1. The number of hydrogen-bond acceptors (Lipinski definition) is 4. The average molecular weight is 411 g/mol. The molecule has 1 aliphatic heterocycles. The number of anilines is 1. The van der Waals surface area contributed by atoms with E-state index in [9.17, 15) is 19.1 Å². The molecule has 0 aliphatic carbocycles. The molecule has 1 atom stereocenters. The highest BCUT2D eigenvalue weighted by Crippen LogP contribution is 2.49. The molecule has 0 saturated carbocycles. The van der Waals surface area contributed by atoms with Crippen molar-refractivity contribution < 1.29 is 23.8 Å². The third-order valence-corrected chi connectivity index (χ3v) is 6.10. The summed E-state index contributed by atoms with van der Waals surface area (Å²) in [6.07, 6.45) is 0.211. The fraction of sp³-hybridized carbons (Fsp3) is 0.182. The Morgan fingerprint density at radius 3 is 2.69 bits per heavy atom. The van der Waals surface area contributed by atoms with E-state index < -0.39 is 11.8 Å². The van der Waals surface area contributed by atoms with E-state index in [2.05, 4.69) is 5.32 Å². The summed E-state index contributed by atoms with van der Waals surface area (Å²) < 4.78 is 19.3. The minimum Gasteiger partial charge on any atom is -0.494 e. The summed E-state index contributed by atoms with van der Waals surface area (Å²) in [5.74, 6) is -1.33. The van der Waals surface area contributed by atoms with Gasteiger partial charge in [-0.25, -0.2) is 9.18 Å². The van der Waals surface area contributed by atoms with Crippen LogP contribution in [0.4, 0.5) is 10.1 Å². The van der Waals surface area contributed by atoms with E-state index in [-0.39, 0.29) is 23.1 Å². The molecule has 0 unspecified atom stereocenters. The molecule has 4 rings (SSSR count). The predicted molar refractivity (Wildman–Crippen MR) is 109 cm³/mol. The number of aromatic carboxylic acids is 1. The summed E-state index contributed by atoms with van der Waals surface area (Å²) in [6, 6.07) is 13.2. The van der Waals surface area contributed by atoms with Gasteiger partial charge in [0.25, 0.3) is 0 Å². The Balaban J connectivity index is 1.86. The van der Waals surface area contributed by atoms with E-state index in [4.69, 9.17) is 4.74 Å². The van der Waals surface area contributed by atoms with Gasteiger partial charge < -0.3 is 15.2 Å². The minimum atomic E-state index is -1.11. The third kappa shape index (κ3) is 3.61. The molecule has 5 nitrogen and oxygen atoms in total. The van der Waals surface area contributed by atoms with Gasteiger partial charge in [-0.05, 0) is 42.3 Å². The van der Waals surface area contributed by atoms with E-state index in [0.717, 1.165) is 27.5 Å². The number of benzene rings is 2. The Morgan fingerprint density at radius 1 is 1.28 bits per heavy atom. The van der Waals surface area contributed by atoms with Crippen LogP contribution >= 0.6 is 11.3 Å². The Morgan fingerprint density at radius 2 is 2.03 bits per heavy atom. The first-order valence-corrected chi connectivity index (χ1v) is 9.98. The number of carboxylic acid groups (broad SMARTS) is 1. The van der Waals surface area contributed by atoms with E-state index in [1.165, 1.54) is 18.2 Å². The monoisotopic (exact) mass is 411 g/mol. The fourth-order valence-electron chi connectivity index (χ4n) is 3.59. The van der Waals surface area contributed by atoms with Crippen LogP contribution in [0.25, 0.3) is 11.1 Å². The van der Waals surface area contributed by atoms with Gasteiger partial charge in [0.2, 0.25) is 5.91 Å². The largest absolute Gasteiger partial charge is 0.494 e. The summed E-state index contributed by atoms with van der Waals surface area (Å²) in [6.45, 7) is 2.46. The second-order valence-electron chi connectivity index (χ2n) is 6.67. The molecular weight excluding hydrogens is 393 g/mol. The molecule has 0 saturated heterocycles. The van der Waals surface area contributed by atoms with Crippen LogP contribution in [0.15, 0.2) is 48.5 Å².